The number of thioether (sulfide) groups is 1. The van der Waals surface area contributed by atoms with Crippen LogP contribution < -0.4 is 10.9 Å². The Kier molecular flexibility index (Phi) is 3.79. The fraction of sp³-hybridized carbons (Fsp3) is 0.267. The molecule has 21 heavy (non-hydrogen) atoms. The van der Waals surface area contributed by atoms with Crippen molar-refractivity contribution in [2.45, 2.75) is 24.7 Å². The molecule has 1 aliphatic rings. The molecule has 3 rings (SSSR count). The summed E-state index contributed by atoms with van der Waals surface area (Å²) in [7, 11) is 0. The molecule has 0 bridgehead atoms. The van der Waals surface area contributed by atoms with Crippen LogP contribution in [0.3, 0.4) is 0 Å². The van der Waals surface area contributed by atoms with Crippen molar-refractivity contribution < 1.29 is 4.79 Å². The first kappa shape index (κ1) is 13.9. The van der Waals surface area contributed by atoms with Crippen molar-refractivity contribution in [3.63, 3.8) is 0 Å². The Labute approximate surface area is 126 Å². The van der Waals surface area contributed by atoms with E-state index in [0.717, 1.165) is 11.3 Å². The van der Waals surface area contributed by atoms with Crippen LogP contribution in [0.15, 0.2) is 46.5 Å². The lowest BCUT2D eigenvalue weighted by atomic mass is 10.1. The van der Waals surface area contributed by atoms with Gasteiger partial charge in [0.1, 0.15) is 5.56 Å². The summed E-state index contributed by atoms with van der Waals surface area (Å²) in [5.74, 6) is 0.448. The molecule has 0 saturated carbocycles. The highest BCUT2D eigenvalue weighted by Crippen LogP contribution is 2.20. The second-order valence-electron chi connectivity index (χ2n) is 4.87. The van der Waals surface area contributed by atoms with Crippen LogP contribution in [0.25, 0.3) is 0 Å². The molecule has 0 radical (unpaired) electrons. The van der Waals surface area contributed by atoms with Gasteiger partial charge in [0.2, 0.25) is 0 Å². The molecule has 2 heterocycles. The highest BCUT2D eigenvalue weighted by molar-refractivity contribution is 7.99. The molecule has 2 aromatic rings. The predicted octanol–water partition coefficient (Wildman–Crippen LogP) is 1.84. The topological polar surface area (TPSA) is 64.0 Å². The molecule has 6 heteroatoms. The summed E-state index contributed by atoms with van der Waals surface area (Å²) in [4.78, 5) is 28.7. The maximum atomic E-state index is 12.3. The number of rotatable bonds is 3. The van der Waals surface area contributed by atoms with Gasteiger partial charge in [-0.15, -0.1) is 0 Å². The van der Waals surface area contributed by atoms with Crippen LogP contribution in [0.1, 0.15) is 28.9 Å². The summed E-state index contributed by atoms with van der Waals surface area (Å²) in [6.07, 6.45) is 1.37. The first-order valence-corrected chi connectivity index (χ1v) is 7.74. The van der Waals surface area contributed by atoms with Crippen molar-refractivity contribution in [3.05, 3.63) is 58.0 Å². The van der Waals surface area contributed by atoms with Crippen molar-refractivity contribution in [1.29, 1.82) is 0 Å². The van der Waals surface area contributed by atoms with E-state index < -0.39 is 0 Å². The molecule has 1 N–H and O–H groups in total. The lowest BCUT2D eigenvalue weighted by Gasteiger charge is -2.14. The molecule has 1 aromatic heterocycles. The molecule has 108 valence electrons. The molecular weight excluding hydrogens is 286 g/mol. The minimum absolute atomic E-state index is 0.101. The minimum atomic E-state index is -0.379. The Bertz CT molecular complexity index is 727. The summed E-state index contributed by atoms with van der Waals surface area (Å²) in [5.41, 5.74) is 0.836. The fourth-order valence-electron chi connectivity index (χ4n) is 2.27. The molecule has 0 unspecified atom stereocenters. The summed E-state index contributed by atoms with van der Waals surface area (Å²) in [6, 6.07) is 9.48. The third-order valence-electron chi connectivity index (χ3n) is 3.45. The van der Waals surface area contributed by atoms with Crippen LogP contribution in [-0.2, 0) is 6.54 Å². The largest absolute Gasteiger partial charge is 0.345 e. The maximum Gasteiger partial charge on any atom is 0.267 e. The number of hydrogen-bond acceptors (Lipinski definition) is 4. The Morgan fingerprint density at radius 2 is 2.14 bits per heavy atom. The SMILES string of the molecule is C[C@H](NC(=O)c1cnc2n(c1=O)CCS2)c1ccccc1. The van der Waals surface area contributed by atoms with Gasteiger partial charge in [-0.1, -0.05) is 42.1 Å². The van der Waals surface area contributed by atoms with Crippen molar-refractivity contribution in [2.24, 2.45) is 0 Å². The lowest BCUT2D eigenvalue weighted by Crippen LogP contribution is -2.34. The summed E-state index contributed by atoms with van der Waals surface area (Å²) in [5, 5.41) is 3.53. The number of benzene rings is 1. The van der Waals surface area contributed by atoms with Crippen LogP contribution in [0, 0.1) is 0 Å². The summed E-state index contributed by atoms with van der Waals surface area (Å²) >= 11 is 1.53. The van der Waals surface area contributed by atoms with Crippen molar-refractivity contribution >= 4 is 17.7 Å². The number of carbonyl (C=O) groups excluding carboxylic acids is 1. The van der Waals surface area contributed by atoms with Gasteiger partial charge >= 0.3 is 0 Å². The van der Waals surface area contributed by atoms with Gasteiger partial charge < -0.3 is 5.32 Å². The molecule has 1 atom stereocenters. The number of carbonyl (C=O) groups is 1. The van der Waals surface area contributed by atoms with E-state index in [-0.39, 0.29) is 23.1 Å². The van der Waals surface area contributed by atoms with Gasteiger partial charge in [0.15, 0.2) is 5.16 Å². The standard InChI is InChI=1S/C15H15N3O2S/c1-10(11-5-3-2-4-6-11)17-13(19)12-9-16-15-18(14(12)20)7-8-21-15/h2-6,9-10H,7-8H2,1H3,(H,17,19)/t10-/m0/s1. The Morgan fingerprint density at radius 1 is 1.38 bits per heavy atom. The van der Waals surface area contributed by atoms with E-state index in [1.807, 2.05) is 37.3 Å². The van der Waals surface area contributed by atoms with Crippen LogP contribution in [-0.4, -0.2) is 21.2 Å². The van der Waals surface area contributed by atoms with E-state index in [2.05, 4.69) is 10.3 Å². The highest BCUT2D eigenvalue weighted by atomic mass is 32.2. The average Bonchev–Trinajstić information content (AvgIpc) is 2.98. The molecular formula is C15H15N3O2S. The molecule has 1 aliphatic heterocycles. The number of amides is 1. The Morgan fingerprint density at radius 3 is 2.90 bits per heavy atom. The zero-order valence-corrected chi connectivity index (χ0v) is 12.4. The van der Waals surface area contributed by atoms with Crippen molar-refractivity contribution in [2.75, 3.05) is 5.75 Å². The monoisotopic (exact) mass is 301 g/mol. The molecule has 0 saturated heterocycles. The smallest absolute Gasteiger partial charge is 0.267 e. The highest BCUT2D eigenvalue weighted by Gasteiger charge is 2.21. The Balaban J connectivity index is 1.82. The van der Waals surface area contributed by atoms with Gasteiger partial charge in [-0.25, -0.2) is 4.98 Å². The van der Waals surface area contributed by atoms with Crippen LogP contribution in [0.2, 0.25) is 0 Å². The first-order chi connectivity index (χ1) is 10.2. The molecule has 5 nitrogen and oxygen atoms in total. The molecule has 0 aliphatic carbocycles. The van der Waals surface area contributed by atoms with Gasteiger partial charge in [0.25, 0.3) is 11.5 Å². The molecule has 0 fully saturated rings. The maximum absolute atomic E-state index is 12.3. The second-order valence-corrected chi connectivity index (χ2v) is 5.93. The van der Waals surface area contributed by atoms with E-state index in [1.54, 1.807) is 4.57 Å². The molecule has 1 amide bonds. The van der Waals surface area contributed by atoms with Gasteiger partial charge in [-0.2, -0.15) is 0 Å². The number of fused-ring (bicyclic) bond motifs is 1. The third kappa shape index (κ3) is 2.71. The van der Waals surface area contributed by atoms with E-state index in [9.17, 15) is 9.59 Å². The third-order valence-corrected chi connectivity index (χ3v) is 4.42. The van der Waals surface area contributed by atoms with Gasteiger partial charge in [-0.3, -0.25) is 14.2 Å². The lowest BCUT2D eigenvalue weighted by molar-refractivity contribution is 0.0937. The number of nitrogens with zero attached hydrogens (tertiary/aromatic N) is 2. The van der Waals surface area contributed by atoms with E-state index >= 15 is 0 Å². The molecule has 1 aromatic carbocycles. The van der Waals surface area contributed by atoms with E-state index in [4.69, 9.17) is 0 Å². The fourth-order valence-corrected chi connectivity index (χ4v) is 3.19. The van der Waals surface area contributed by atoms with Gasteiger partial charge in [-0.05, 0) is 12.5 Å². The molecule has 0 spiro atoms. The summed E-state index contributed by atoms with van der Waals surface area (Å²) in [6.45, 7) is 2.50. The van der Waals surface area contributed by atoms with Crippen molar-refractivity contribution in [1.82, 2.24) is 14.9 Å². The minimum Gasteiger partial charge on any atom is -0.345 e. The van der Waals surface area contributed by atoms with Crippen LogP contribution in [0.5, 0.6) is 0 Å². The number of aromatic nitrogens is 2. The van der Waals surface area contributed by atoms with Crippen LogP contribution in [0.4, 0.5) is 0 Å². The quantitative estimate of drug-likeness (QED) is 0.879. The van der Waals surface area contributed by atoms with Crippen LogP contribution >= 0.6 is 11.8 Å². The number of nitrogens with one attached hydrogen (secondary N) is 1. The average molecular weight is 301 g/mol. The zero-order chi connectivity index (χ0) is 14.8. The van der Waals surface area contributed by atoms with Gasteiger partial charge in [0.05, 0.1) is 6.04 Å². The normalized spacial score (nSPS) is 14.5. The zero-order valence-electron chi connectivity index (χ0n) is 11.6. The van der Waals surface area contributed by atoms with Gasteiger partial charge in [0, 0.05) is 18.5 Å². The van der Waals surface area contributed by atoms with E-state index in [0.29, 0.717) is 11.7 Å². The number of hydrogen-bond donors (Lipinski definition) is 1. The second kappa shape index (κ2) is 5.73. The van der Waals surface area contributed by atoms with Crippen molar-refractivity contribution in [3.8, 4) is 0 Å². The Hall–Kier alpha value is -2.08. The first-order valence-electron chi connectivity index (χ1n) is 6.75. The predicted molar refractivity (Wildman–Crippen MR) is 81.5 cm³/mol. The van der Waals surface area contributed by atoms with E-state index in [1.165, 1.54) is 18.0 Å². The summed E-state index contributed by atoms with van der Waals surface area (Å²) < 4.78 is 1.56.